The molecule has 0 N–H and O–H groups in total. The molecule has 3 nitrogen and oxygen atoms in total. The zero-order valence-electron chi connectivity index (χ0n) is 12.2. The van der Waals surface area contributed by atoms with E-state index in [2.05, 4.69) is 17.3 Å². The van der Waals surface area contributed by atoms with Crippen LogP contribution < -0.4 is 4.74 Å². The number of hydrogen-bond acceptors (Lipinski definition) is 3. The third-order valence-corrected chi connectivity index (χ3v) is 3.73. The van der Waals surface area contributed by atoms with Gasteiger partial charge in [0, 0.05) is 5.56 Å². The van der Waals surface area contributed by atoms with E-state index in [4.69, 9.17) is 9.57 Å². The van der Waals surface area contributed by atoms with Crippen LogP contribution in [0.2, 0.25) is 0 Å². The van der Waals surface area contributed by atoms with Gasteiger partial charge in [-0.25, -0.2) is 0 Å². The Morgan fingerprint density at radius 3 is 2.71 bits per heavy atom. The number of benzene rings is 2. The predicted molar refractivity (Wildman–Crippen MR) is 83.7 cm³/mol. The molecule has 0 aliphatic heterocycles. The number of fused-ring (bicyclic) bond motifs is 1. The fraction of sp³-hybridized carbons (Fsp3) is 0.278. The minimum Gasteiger partial charge on any atom is -0.497 e. The highest BCUT2D eigenvalue weighted by atomic mass is 16.6. The second-order valence-electron chi connectivity index (χ2n) is 5.17. The first-order valence-electron chi connectivity index (χ1n) is 7.27. The highest BCUT2D eigenvalue weighted by Gasteiger charge is 2.16. The first-order valence-corrected chi connectivity index (χ1v) is 7.27. The molecule has 1 aliphatic rings. The van der Waals surface area contributed by atoms with E-state index in [1.165, 1.54) is 11.1 Å². The van der Waals surface area contributed by atoms with E-state index in [1.807, 2.05) is 36.4 Å². The Kier molecular flexibility index (Phi) is 4.20. The largest absolute Gasteiger partial charge is 0.497 e. The average molecular weight is 281 g/mol. The van der Waals surface area contributed by atoms with Crippen LogP contribution in [0.4, 0.5) is 0 Å². The van der Waals surface area contributed by atoms with Gasteiger partial charge in [-0.2, -0.15) is 0 Å². The van der Waals surface area contributed by atoms with Crippen LogP contribution in [0.25, 0.3) is 0 Å². The van der Waals surface area contributed by atoms with Crippen LogP contribution in [-0.4, -0.2) is 12.8 Å². The Bertz CT molecular complexity index is 635. The van der Waals surface area contributed by atoms with E-state index in [9.17, 15) is 0 Å². The summed E-state index contributed by atoms with van der Waals surface area (Å²) in [7, 11) is 1.70. The molecular formula is C18H19NO2. The minimum atomic E-state index is 0.510. The third-order valence-electron chi connectivity index (χ3n) is 3.73. The molecule has 3 heteroatoms. The fourth-order valence-electron chi connectivity index (χ4n) is 2.62. The van der Waals surface area contributed by atoms with Crippen molar-refractivity contribution < 1.29 is 9.57 Å². The Hall–Kier alpha value is -2.29. The van der Waals surface area contributed by atoms with Crippen molar-refractivity contribution in [3.8, 4) is 5.75 Å². The number of hydrogen-bond donors (Lipinski definition) is 0. The standard InChI is InChI=1S/C18H19NO2/c1-20-16-10-11-17-15(12-16)8-5-9-18(17)19-21-13-14-6-3-2-4-7-14/h2-4,6-7,10-12H,5,8-9,13H2,1H3. The monoisotopic (exact) mass is 281 g/mol. The molecule has 0 fully saturated rings. The molecule has 0 saturated heterocycles. The van der Waals surface area contributed by atoms with Crippen molar-refractivity contribution in [2.75, 3.05) is 7.11 Å². The van der Waals surface area contributed by atoms with Gasteiger partial charge in [-0.3, -0.25) is 0 Å². The Balaban J connectivity index is 1.74. The number of oxime groups is 1. The van der Waals surface area contributed by atoms with Crippen molar-refractivity contribution in [3.63, 3.8) is 0 Å². The lowest BCUT2D eigenvalue weighted by Crippen LogP contribution is -2.12. The molecule has 3 rings (SSSR count). The summed E-state index contributed by atoms with van der Waals surface area (Å²) in [6.07, 6.45) is 3.14. The van der Waals surface area contributed by atoms with Crippen LogP contribution >= 0.6 is 0 Å². The number of methoxy groups -OCH3 is 1. The van der Waals surface area contributed by atoms with Crippen molar-refractivity contribution in [2.45, 2.75) is 25.9 Å². The summed E-state index contributed by atoms with van der Waals surface area (Å²) in [5, 5.41) is 4.35. The van der Waals surface area contributed by atoms with Gasteiger partial charge in [0.05, 0.1) is 12.8 Å². The molecule has 0 atom stereocenters. The van der Waals surface area contributed by atoms with Crippen LogP contribution in [-0.2, 0) is 17.9 Å². The van der Waals surface area contributed by atoms with Crippen molar-refractivity contribution >= 4 is 5.71 Å². The van der Waals surface area contributed by atoms with Gasteiger partial charge in [0.2, 0.25) is 0 Å². The maximum atomic E-state index is 5.53. The molecule has 21 heavy (non-hydrogen) atoms. The zero-order valence-corrected chi connectivity index (χ0v) is 12.2. The van der Waals surface area contributed by atoms with Crippen molar-refractivity contribution in [1.29, 1.82) is 0 Å². The van der Waals surface area contributed by atoms with Crippen molar-refractivity contribution in [1.82, 2.24) is 0 Å². The third kappa shape index (κ3) is 3.24. The van der Waals surface area contributed by atoms with Gasteiger partial charge in [-0.15, -0.1) is 0 Å². The molecule has 0 radical (unpaired) electrons. The van der Waals surface area contributed by atoms with Gasteiger partial charge in [0.15, 0.2) is 0 Å². The van der Waals surface area contributed by atoms with Gasteiger partial charge in [-0.05, 0) is 48.6 Å². The number of nitrogens with zero attached hydrogens (tertiary/aromatic N) is 1. The average Bonchev–Trinajstić information content (AvgIpc) is 2.55. The molecule has 1 aliphatic carbocycles. The lowest BCUT2D eigenvalue weighted by molar-refractivity contribution is 0.130. The smallest absolute Gasteiger partial charge is 0.142 e. The lowest BCUT2D eigenvalue weighted by atomic mass is 9.90. The van der Waals surface area contributed by atoms with Gasteiger partial charge in [0.25, 0.3) is 0 Å². The topological polar surface area (TPSA) is 30.8 Å². The van der Waals surface area contributed by atoms with Gasteiger partial charge >= 0.3 is 0 Å². The summed E-state index contributed by atoms with van der Waals surface area (Å²) < 4.78 is 5.28. The van der Waals surface area contributed by atoms with E-state index >= 15 is 0 Å². The van der Waals surface area contributed by atoms with Gasteiger partial charge in [0.1, 0.15) is 12.4 Å². The summed E-state index contributed by atoms with van der Waals surface area (Å²) in [6.45, 7) is 0.510. The quantitative estimate of drug-likeness (QED) is 0.794. The molecule has 108 valence electrons. The first kappa shape index (κ1) is 13.7. The Morgan fingerprint density at radius 1 is 1.05 bits per heavy atom. The zero-order chi connectivity index (χ0) is 14.5. The van der Waals surface area contributed by atoms with Crippen molar-refractivity contribution in [3.05, 3.63) is 65.2 Å². The highest BCUT2D eigenvalue weighted by molar-refractivity contribution is 6.02. The Labute approximate surface area is 125 Å². The van der Waals surface area contributed by atoms with Crippen LogP contribution in [0, 0.1) is 0 Å². The molecular weight excluding hydrogens is 262 g/mol. The maximum absolute atomic E-state index is 5.53. The number of ether oxygens (including phenoxy) is 1. The van der Waals surface area contributed by atoms with Crippen LogP contribution in [0.1, 0.15) is 29.5 Å². The summed E-state index contributed by atoms with van der Waals surface area (Å²) in [4.78, 5) is 5.53. The predicted octanol–water partition coefficient (Wildman–Crippen LogP) is 3.95. The molecule has 2 aromatic rings. The van der Waals surface area contributed by atoms with Gasteiger partial charge < -0.3 is 9.57 Å². The van der Waals surface area contributed by atoms with Crippen LogP contribution in [0.5, 0.6) is 5.75 Å². The summed E-state index contributed by atoms with van der Waals surface area (Å²) in [5.41, 5.74) is 4.65. The summed E-state index contributed by atoms with van der Waals surface area (Å²) >= 11 is 0. The van der Waals surface area contributed by atoms with E-state index in [-0.39, 0.29) is 0 Å². The highest BCUT2D eigenvalue weighted by Crippen LogP contribution is 2.26. The normalized spacial score (nSPS) is 15.6. The van der Waals surface area contributed by atoms with E-state index in [1.54, 1.807) is 7.11 Å². The Morgan fingerprint density at radius 2 is 1.90 bits per heavy atom. The van der Waals surface area contributed by atoms with Gasteiger partial charge in [-0.1, -0.05) is 35.5 Å². The lowest BCUT2D eigenvalue weighted by Gasteiger charge is -2.18. The first-order chi connectivity index (χ1) is 10.4. The molecule has 0 spiro atoms. The van der Waals surface area contributed by atoms with E-state index in [0.717, 1.165) is 36.3 Å². The molecule has 0 bridgehead atoms. The van der Waals surface area contributed by atoms with E-state index in [0.29, 0.717) is 6.61 Å². The second kappa shape index (κ2) is 6.44. The van der Waals surface area contributed by atoms with Crippen molar-refractivity contribution in [2.24, 2.45) is 5.16 Å². The summed E-state index contributed by atoms with van der Waals surface area (Å²) in [5.74, 6) is 0.903. The summed E-state index contributed by atoms with van der Waals surface area (Å²) in [6, 6.07) is 16.3. The van der Waals surface area contributed by atoms with E-state index < -0.39 is 0 Å². The number of rotatable bonds is 4. The molecule has 0 heterocycles. The molecule has 0 saturated carbocycles. The second-order valence-corrected chi connectivity index (χ2v) is 5.17. The molecule has 0 amide bonds. The number of aryl methyl sites for hydroxylation is 1. The minimum absolute atomic E-state index is 0.510. The SMILES string of the molecule is COc1ccc2c(c1)CCCC2=NOCc1ccccc1. The van der Waals surface area contributed by atoms with Crippen LogP contribution in [0.15, 0.2) is 53.7 Å². The fourth-order valence-corrected chi connectivity index (χ4v) is 2.62. The molecule has 0 aromatic heterocycles. The maximum Gasteiger partial charge on any atom is 0.142 e. The molecule has 0 unspecified atom stereocenters. The van der Waals surface area contributed by atoms with Crippen LogP contribution in [0.3, 0.4) is 0 Å². The molecule has 2 aromatic carbocycles.